The van der Waals surface area contributed by atoms with E-state index in [0.29, 0.717) is 0 Å². The van der Waals surface area contributed by atoms with Gasteiger partial charge in [-0.25, -0.2) is 0 Å². The standard InChI is InChI=1S/C19H21NO2/c1-14-17(19(21)22-2)13-20(14)18(15-9-5-3-6-10-15)16-11-7-4-8-12-16/h3-12,14,17-18H,13H2,1-2H3/t14-,17+/m1/s1. The van der Waals surface area contributed by atoms with Crippen molar-refractivity contribution in [3.63, 3.8) is 0 Å². The van der Waals surface area contributed by atoms with Crippen LogP contribution in [0.5, 0.6) is 0 Å². The topological polar surface area (TPSA) is 29.5 Å². The summed E-state index contributed by atoms with van der Waals surface area (Å²) in [7, 11) is 1.46. The summed E-state index contributed by atoms with van der Waals surface area (Å²) < 4.78 is 4.90. The predicted molar refractivity (Wildman–Crippen MR) is 86.4 cm³/mol. The van der Waals surface area contributed by atoms with Crippen LogP contribution in [0, 0.1) is 5.92 Å². The molecule has 3 rings (SSSR count). The molecule has 0 N–H and O–H groups in total. The van der Waals surface area contributed by atoms with Gasteiger partial charge in [0.1, 0.15) is 0 Å². The molecule has 2 aromatic rings. The molecule has 3 heteroatoms. The highest BCUT2D eigenvalue weighted by Gasteiger charge is 2.45. The van der Waals surface area contributed by atoms with Gasteiger partial charge in [0.25, 0.3) is 0 Å². The Balaban J connectivity index is 1.90. The molecule has 0 bridgehead atoms. The minimum Gasteiger partial charge on any atom is -0.469 e. The number of hydrogen-bond acceptors (Lipinski definition) is 3. The lowest BCUT2D eigenvalue weighted by Crippen LogP contribution is -2.59. The molecule has 1 aliphatic rings. The van der Waals surface area contributed by atoms with Crippen molar-refractivity contribution in [3.8, 4) is 0 Å². The van der Waals surface area contributed by atoms with E-state index in [1.165, 1.54) is 18.2 Å². The number of ether oxygens (including phenoxy) is 1. The van der Waals surface area contributed by atoms with E-state index in [2.05, 4.69) is 60.4 Å². The van der Waals surface area contributed by atoms with Crippen molar-refractivity contribution in [2.24, 2.45) is 5.92 Å². The average Bonchev–Trinajstić information content (AvgIpc) is 2.58. The molecule has 0 aromatic heterocycles. The fourth-order valence-corrected chi connectivity index (χ4v) is 3.25. The maximum Gasteiger partial charge on any atom is 0.311 e. The molecule has 0 spiro atoms. The lowest BCUT2D eigenvalue weighted by molar-refractivity contribution is -0.157. The van der Waals surface area contributed by atoms with Crippen molar-refractivity contribution in [2.45, 2.75) is 19.0 Å². The second-order valence-corrected chi connectivity index (χ2v) is 5.79. The second-order valence-electron chi connectivity index (χ2n) is 5.79. The quantitative estimate of drug-likeness (QED) is 0.811. The summed E-state index contributed by atoms with van der Waals surface area (Å²) >= 11 is 0. The Kier molecular flexibility index (Phi) is 4.25. The number of benzene rings is 2. The lowest BCUT2D eigenvalue weighted by atomic mass is 9.84. The zero-order valence-corrected chi connectivity index (χ0v) is 13.0. The minimum atomic E-state index is -0.108. The molecule has 2 aromatic carbocycles. The van der Waals surface area contributed by atoms with Gasteiger partial charge < -0.3 is 4.74 Å². The molecule has 0 unspecified atom stereocenters. The molecule has 1 aliphatic heterocycles. The van der Waals surface area contributed by atoms with E-state index in [1.54, 1.807) is 0 Å². The Labute approximate surface area is 131 Å². The van der Waals surface area contributed by atoms with Crippen molar-refractivity contribution in [3.05, 3.63) is 71.8 Å². The Morgan fingerprint density at radius 3 is 1.95 bits per heavy atom. The number of esters is 1. The van der Waals surface area contributed by atoms with Gasteiger partial charge >= 0.3 is 5.97 Å². The largest absolute Gasteiger partial charge is 0.469 e. The van der Waals surface area contributed by atoms with Gasteiger partial charge in [-0.3, -0.25) is 9.69 Å². The van der Waals surface area contributed by atoms with Crippen molar-refractivity contribution < 1.29 is 9.53 Å². The molecule has 2 atom stereocenters. The van der Waals surface area contributed by atoms with E-state index >= 15 is 0 Å². The van der Waals surface area contributed by atoms with E-state index in [0.717, 1.165) is 6.54 Å². The van der Waals surface area contributed by atoms with Crippen LogP contribution in [0.2, 0.25) is 0 Å². The van der Waals surface area contributed by atoms with Crippen molar-refractivity contribution in [1.82, 2.24) is 4.90 Å². The Morgan fingerprint density at radius 2 is 1.55 bits per heavy atom. The summed E-state index contributed by atoms with van der Waals surface area (Å²) in [6.07, 6.45) is 0. The van der Waals surface area contributed by atoms with Crippen LogP contribution in [-0.4, -0.2) is 30.6 Å². The summed E-state index contributed by atoms with van der Waals surface area (Å²) in [5, 5.41) is 0. The zero-order valence-electron chi connectivity index (χ0n) is 13.0. The summed E-state index contributed by atoms with van der Waals surface area (Å²) in [6.45, 7) is 2.84. The smallest absolute Gasteiger partial charge is 0.311 e. The summed E-state index contributed by atoms with van der Waals surface area (Å²) in [5.41, 5.74) is 2.51. The summed E-state index contributed by atoms with van der Waals surface area (Å²) in [6, 6.07) is 21.3. The monoisotopic (exact) mass is 295 g/mol. The second kappa shape index (κ2) is 6.32. The van der Waals surface area contributed by atoms with Gasteiger partial charge in [0.05, 0.1) is 19.1 Å². The van der Waals surface area contributed by atoms with Crippen molar-refractivity contribution in [2.75, 3.05) is 13.7 Å². The highest BCUT2D eigenvalue weighted by atomic mass is 16.5. The fourth-order valence-electron chi connectivity index (χ4n) is 3.25. The van der Waals surface area contributed by atoms with Crippen molar-refractivity contribution >= 4 is 5.97 Å². The van der Waals surface area contributed by atoms with Gasteiger partial charge in [-0.1, -0.05) is 60.7 Å². The van der Waals surface area contributed by atoms with E-state index < -0.39 is 0 Å². The highest BCUT2D eigenvalue weighted by Crippen LogP contribution is 2.38. The summed E-state index contributed by atoms with van der Waals surface area (Å²) in [4.78, 5) is 14.2. The van der Waals surface area contributed by atoms with Crippen LogP contribution in [0.3, 0.4) is 0 Å². The third kappa shape index (κ3) is 2.64. The number of carbonyl (C=O) groups excluding carboxylic acids is 1. The Hall–Kier alpha value is -2.13. The van der Waals surface area contributed by atoms with Crippen molar-refractivity contribution in [1.29, 1.82) is 0 Å². The van der Waals surface area contributed by atoms with Gasteiger partial charge in [0, 0.05) is 12.6 Å². The molecule has 1 saturated heterocycles. The molecule has 0 aliphatic carbocycles. The van der Waals surface area contributed by atoms with Gasteiger partial charge in [0.2, 0.25) is 0 Å². The fraction of sp³-hybridized carbons (Fsp3) is 0.316. The SMILES string of the molecule is COC(=O)[C@H]1CN(C(c2ccccc2)c2ccccc2)[C@@H]1C. The molecule has 0 amide bonds. The van der Waals surface area contributed by atoms with Crippen LogP contribution in [0.25, 0.3) is 0 Å². The number of carbonyl (C=O) groups is 1. The third-order valence-corrected chi connectivity index (χ3v) is 4.58. The first-order valence-electron chi connectivity index (χ1n) is 7.66. The maximum absolute atomic E-state index is 11.8. The highest BCUT2D eigenvalue weighted by molar-refractivity contribution is 5.74. The maximum atomic E-state index is 11.8. The number of nitrogens with zero attached hydrogens (tertiary/aromatic N) is 1. The normalized spacial score (nSPS) is 21.4. The molecule has 0 radical (unpaired) electrons. The first kappa shape index (κ1) is 14.8. The van der Waals surface area contributed by atoms with Crippen LogP contribution in [-0.2, 0) is 9.53 Å². The number of methoxy groups -OCH3 is 1. The van der Waals surface area contributed by atoms with Crippen LogP contribution in [0.15, 0.2) is 60.7 Å². The third-order valence-electron chi connectivity index (χ3n) is 4.58. The number of likely N-dealkylation sites (tertiary alicyclic amines) is 1. The number of rotatable bonds is 4. The van der Waals surface area contributed by atoms with Gasteiger partial charge in [-0.05, 0) is 18.1 Å². The zero-order chi connectivity index (χ0) is 15.5. The van der Waals surface area contributed by atoms with E-state index in [-0.39, 0.29) is 24.0 Å². The number of hydrogen-bond donors (Lipinski definition) is 0. The van der Waals surface area contributed by atoms with E-state index in [1.807, 2.05) is 12.1 Å². The molecule has 0 saturated carbocycles. The van der Waals surface area contributed by atoms with Crippen LogP contribution >= 0.6 is 0 Å². The predicted octanol–water partition coefficient (Wildman–Crippen LogP) is 3.27. The lowest BCUT2D eigenvalue weighted by Gasteiger charge is -2.49. The summed E-state index contributed by atoms with van der Waals surface area (Å²) in [5.74, 6) is -0.136. The Bertz CT molecular complexity index is 587. The van der Waals surface area contributed by atoms with Gasteiger partial charge in [0.15, 0.2) is 0 Å². The van der Waals surface area contributed by atoms with Crippen LogP contribution in [0.4, 0.5) is 0 Å². The Morgan fingerprint density at radius 1 is 1.05 bits per heavy atom. The first-order valence-corrected chi connectivity index (χ1v) is 7.66. The molecule has 1 fully saturated rings. The molecule has 1 heterocycles. The van der Waals surface area contributed by atoms with Crippen LogP contribution < -0.4 is 0 Å². The van der Waals surface area contributed by atoms with E-state index in [9.17, 15) is 4.79 Å². The minimum absolute atomic E-state index is 0.0278. The van der Waals surface area contributed by atoms with Gasteiger partial charge in [-0.15, -0.1) is 0 Å². The average molecular weight is 295 g/mol. The first-order chi connectivity index (χ1) is 10.7. The van der Waals surface area contributed by atoms with Crippen LogP contribution in [0.1, 0.15) is 24.1 Å². The molecular weight excluding hydrogens is 274 g/mol. The molecular formula is C19H21NO2. The molecule has 114 valence electrons. The van der Waals surface area contributed by atoms with Gasteiger partial charge in [-0.2, -0.15) is 0 Å². The van der Waals surface area contributed by atoms with E-state index in [4.69, 9.17) is 4.74 Å². The molecule has 3 nitrogen and oxygen atoms in total. The molecule has 22 heavy (non-hydrogen) atoms.